The van der Waals surface area contributed by atoms with E-state index >= 15 is 0 Å². The Balaban J connectivity index is 1.36. The second-order valence-electron chi connectivity index (χ2n) is 5.81. The molecule has 0 aromatic carbocycles. The van der Waals surface area contributed by atoms with E-state index < -0.39 is 0 Å². The molecule has 2 aromatic heterocycles. The first kappa shape index (κ1) is 16.8. The van der Waals surface area contributed by atoms with Crippen LogP contribution in [0.15, 0.2) is 35.2 Å². The minimum absolute atomic E-state index is 0.944. The number of guanidine groups is 1. The number of aromatic nitrogens is 3. The van der Waals surface area contributed by atoms with Gasteiger partial charge < -0.3 is 19.7 Å². The molecule has 1 fully saturated rings. The second-order valence-corrected chi connectivity index (χ2v) is 6.73. The minimum Gasteiger partial charge on any atom is -0.360 e. The molecule has 1 saturated heterocycles. The molecule has 7 nitrogen and oxygen atoms in total. The Bertz CT molecular complexity index is 600. The summed E-state index contributed by atoms with van der Waals surface area (Å²) in [4.78, 5) is 9.24. The first-order chi connectivity index (χ1) is 11.9. The van der Waals surface area contributed by atoms with E-state index in [1.165, 1.54) is 5.00 Å². The van der Waals surface area contributed by atoms with Gasteiger partial charge in [0.05, 0.1) is 5.00 Å². The van der Waals surface area contributed by atoms with E-state index in [1.54, 1.807) is 12.7 Å². The number of hydrogen-bond acceptors (Lipinski definition) is 5. The molecule has 0 radical (unpaired) electrons. The van der Waals surface area contributed by atoms with Crippen molar-refractivity contribution in [1.82, 2.24) is 25.0 Å². The van der Waals surface area contributed by atoms with Crippen molar-refractivity contribution >= 4 is 22.3 Å². The summed E-state index contributed by atoms with van der Waals surface area (Å²) in [6.45, 7) is 6.03. The van der Waals surface area contributed by atoms with Gasteiger partial charge in [0.2, 0.25) is 0 Å². The lowest BCUT2D eigenvalue weighted by molar-refractivity contribution is 0.373. The van der Waals surface area contributed by atoms with Gasteiger partial charge in [-0.2, -0.15) is 0 Å². The third-order valence-electron chi connectivity index (χ3n) is 4.20. The number of hydrogen-bond donors (Lipinski definition) is 1. The highest BCUT2D eigenvalue weighted by atomic mass is 32.1. The van der Waals surface area contributed by atoms with E-state index in [-0.39, 0.29) is 0 Å². The first-order valence-electron chi connectivity index (χ1n) is 8.43. The second kappa shape index (κ2) is 8.68. The van der Waals surface area contributed by atoms with Gasteiger partial charge in [0.15, 0.2) is 5.96 Å². The summed E-state index contributed by atoms with van der Waals surface area (Å²) < 4.78 is 2.01. The number of thiophene rings is 1. The molecule has 1 aliphatic rings. The molecule has 1 N–H and O–H groups in total. The molecule has 24 heavy (non-hydrogen) atoms. The van der Waals surface area contributed by atoms with Crippen LogP contribution in [-0.4, -0.2) is 65.4 Å². The number of nitrogens with one attached hydrogen (secondary N) is 1. The summed E-state index contributed by atoms with van der Waals surface area (Å²) in [6.07, 6.45) is 5.74. The van der Waals surface area contributed by atoms with Crippen LogP contribution in [0.25, 0.3) is 0 Å². The Morgan fingerprint density at radius 1 is 1.21 bits per heavy atom. The maximum atomic E-state index is 4.44. The van der Waals surface area contributed by atoms with Crippen molar-refractivity contribution in [3.8, 4) is 0 Å². The predicted molar refractivity (Wildman–Crippen MR) is 98.7 cm³/mol. The number of unbranched alkanes of at least 4 members (excludes halogenated alkanes) is 1. The van der Waals surface area contributed by atoms with Gasteiger partial charge in [-0.25, -0.2) is 0 Å². The molecule has 0 saturated carbocycles. The Labute approximate surface area is 147 Å². The number of rotatable bonds is 6. The van der Waals surface area contributed by atoms with Crippen molar-refractivity contribution in [2.75, 3.05) is 44.7 Å². The quantitative estimate of drug-likeness (QED) is 0.488. The van der Waals surface area contributed by atoms with Crippen molar-refractivity contribution in [3.63, 3.8) is 0 Å². The molecule has 2 aromatic rings. The van der Waals surface area contributed by atoms with Crippen molar-refractivity contribution in [2.45, 2.75) is 19.4 Å². The fourth-order valence-corrected chi connectivity index (χ4v) is 3.66. The van der Waals surface area contributed by atoms with Crippen LogP contribution in [0.5, 0.6) is 0 Å². The smallest absolute Gasteiger partial charge is 0.193 e. The topological polar surface area (TPSA) is 61.6 Å². The summed E-state index contributed by atoms with van der Waals surface area (Å²) in [7, 11) is 1.87. The number of aliphatic imine (C=N–C) groups is 1. The molecular formula is C16H25N7S. The van der Waals surface area contributed by atoms with Crippen LogP contribution in [-0.2, 0) is 6.54 Å². The average Bonchev–Trinajstić information content (AvgIpc) is 3.32. The fraction of sp³-hybridized carbons (Fsp3) is 0.562. The third-order valence-corrected chi connectivity index (χ3v) is 5.13. The maximum absolute atomic E-state index is 4.44. The highest BCUT2D eigenvalue weighted by Crippen LogP contribution is 2.22. The lowest BCUT2D eigenvalue weighted by Gasteiger charge is -2.37. The Morgan fingerprint density at radius 2 is 2.00 bits per heavy atom. The molecule has 3 heterocycles. The molecule has 0 aliphatic carbocycles. The predicted octanol–water partition coefficient (Wildman–Crippen LogP) is 1.52. The largest absolute Gasteiger partial charge is 0.360 e. The van der Waals surface area contributed by atoms with Crippen molar-refractivity contribution < 1.29 is 0 Å². The molecule has 0 unspecified atom stereocenters. The number of nitrogens with zero attached hydrogens (tertiary/aromatic N) is 6. The Hall–Kier alpha value is -2.09. The van der Waals surface area contributed by atoms with Crippen LogP contribution in [0.4, 0.5) is 5.00 Å². The normalized spacial score (nSPS) is 15.8. The highest BCUT2D eigenvalue weighted by Gasteiger charge is 2.19. The highest BCUT2D eigenvalue weighted by molar-refractivity contribution is 7.14. The average molecular weight is 347 g/mol. The van der Waals surface area contributed by atoms with Gasteiger partial charge in [-0.15, -0.1) is 21.5 Å². The zero-order valence-corrected chi connectivity index (χ0v) is 15.0. The molecule has 0 bridgehead atoms. The van der Waals surface area contributed by atoms with Crippen LogP contribution < -0.4 is 10.2 Å². The van der Waals surface area contributed by atoms with Gasteiger partial charge in [0, 0.05) is 46.3 Å². The van der Waals surface area contributed by atoms with Gasteiger partial charge in [-0.05, 0) is 30.4 Å². The van der Waals surface area contributed by atoms with Crippen LogP contribution in [0.3, 0.4) is 0 Å². The molecule has 0 spiro atoms. The first-order valence-corrected chi connectivity index (χ1v) is 9.31. The summed E-state index contributed by atoms with van der Waals surface area (Å²) >= 11 is 1.81. The van der Waals surface area contributed by atoms with E-state index in [0.29, 0.717) is 0 Å². The molecular weight excluding hydrogens is 322 g/mol. The van der Waals surface area contributed by atoms with Gasteiger partial charge in [0.25, 0.3) is 0 Å². The van der Waals surface area contributed by atoms with Gasteiger partial charge in [0.1, 0.15) is 12.7 Å². The Morgan fingerprint density at radius 3 is 2.67 bits per heavy atom. The molecule has 3 rings (SSSR count). The standard InChI is InChI=1S/C16H25N7S/c1-17-16(18-6-2-3-7-21-13-19-20-14-21)23-10-8-22(9-11-23)15-5-4-12-24-15/h4-5,12-14H,2-3,6-11H2,1H3,(H,17,18). The molecule has 8 heteroatoms. The van der Waals surface area contributed by atoms with E-state index in [2.05, 4.69) is 47.8 Å². The number of piperazine rings is 1. The summed E-state index contributed by atoms with van der Waals surface area (Å²) in [5, 5.41) is 14.6. The minimum atomic E-state index is 0.944. The van der Waals surface area contributed by atoms with Crippen molar-refractivity contribution in [1.29, 1.82) is 0 Å². The fourth-order valence-electron chi connectivity index (χ4n) is 2.88. The molecule has 0 atom stereocenters. The Kier molecular flexibility index (Phi) is 6.06. The molecule has 1 aliphatic heterocycles. The van der Waals surface area contributed by atoms with E-state index in [4.69, 9.17) is 0 Å². The van der Waals surface area contributed by atoms with E-state index in [1.807, 2.05) is 23.0 Å². The van der Waals surface area contributed by atoms with Gasteiger partial charge >= 0.3 is 0 Å². The SMILES string of the molecule is CN=C(NCCCCn1cnnc1)N1CCN(c2cccs2)CC1. The van der Waals surface area contributed by atoms with Crippen LogP contribution in [0.1, 0.15) is 12.8 Å². The summed E-state index contributed by atoms with van der Waals surface area (Å²) in [5.41, 5.74) is 0. The maximum Gasteiger partial charge on any atom is 0.193 e. The zero-order valence-electron chi connectivity index (χ0n) is 14.1. The van der Waals surface area contributed by atoms with Crippen molar-refractivity contribution in [2.24, 2.45) is 4.99 Å². The number of anilines is 1. The van der Waals surface area contributed by atoms with E-state index in [0.717, 1.165) is 58.1 Å². The van der Waals surface area contributed by atoms with Gasteiger partial charge in [-0.3, -0.25) is 4.99 Å². The molecule has 0 amide bonds. The van der Waals surface area contributed by atoms with Gasteiger partial charge in [-0.1, -0.05) is 0 Å². The number of aryl methyl sites for hydroxylation is 1. The summed E-state index contributed by atoms with van der Waals surface area (Å²) in [5.74, 6) is 1.02. The zero-order chi connectivity index (χ0) is 16.6. The molecule has 130 valence electrons. The van der Waals surface area contributed by atoms with Crippen LogP contribution in [0.2, 0.25) is 0 Å². The lowest BCUT2D eigenvalue weighted by atomic mass is 10.3. The monoisotopic (exact) mass is 347 g/mol. The van der Waals surface area contributed by atoms with Crippen LogP contribution in [0, 0.1) is 0 Å². The van der Waals surface area contributed by atoms with Crippen LogP contribution >= 0.6 is 11.3 Å². The summed E-state index contributed by atoms with van der Waals surface area (Å²) in [6, 6.07) is 4.32. The van der Waals surface area contributed by atoms with E-state index in [9.17, 15) is 0 Å². The van der Waals surface area contributed by atoms with Crippen molar-refractivity contribution in [3.05, 3.63) is 30.2 Å². The third kappa shape index (κ3) is 4.47. The lowest BCUT2D eigenvalue weighted by Crippen LogP contribution is -2.52.